The first kappa shape index (κ1) is 50.2. The van der Waals surface area contributed by atoms with Gasteiger partial charge in [0.15, 0.2) is 0 Å². The quantitative estimate of drug-likeness (QED) is 0.0465. The summed E-state index contributed by atoms with van der Waals surface area (Å²) in [5.74, 6) is 0. The second-order valence-corrected chi connectivity index (χ2v) is 16.3. The van der Waals surface area contributed by atoms with Crippen LogP contribution in [0.25, 0.3) is 0 Å². The number of unbranched alkanes of at least 4 members (excludes halogenated alkanes) is 22. The first-order valence-corrected chi connectivity index (χ1v) is 24.0. The smallest absolute Gasteiger partial charge is 0.409 e. The molecule has 0 spiro atoms. The lowest BCUT2D eigenvalue weighted by Gasteiger charge is -2.23. The Balaban J connectivity index is 2.17. The average molecular weight is 753 g/mol. The van der Waals surface area contributed by atoms with Crippen molar-refractivity contribution in [2.75, 3.05) is 39.3 Å². The summed E-state index contributed by atoms with van der Waals surface area (Å²) in [6, 6.07) is 0. The monoisotopic (exact) mass is 753 g/mol. The highest BCUT2D eigenvalue weighted by atomic mass is 16.6. The molecule has 1 aliphatic heterocycles. The van der Waals surface area contributed by atoms with Gasteiger partial charge in [-0.05, 0) is 109 Å². The van der Waals surface area contributed by atoms with Crippen molar-refractivity contribution in [3.63, 3.8) is 0 Å². The molecule has 0 saturated carbocycles. The fraction of sp³-hybridized carbons (Fsp3) is 0.820. The second-order valence-electron chi connectivity index (χ2n) is 16.3. The molecule has 1 amide bonds. The molecule has 0 radical (unpaired) electrons. The molecule has 54 heavy (non-hydrogen) atoms. The number of hydrogen-bond acceptors (Lipinski definition) is 3. The second kappa shape index (κ2) is 42.3. The number of allylic oxidation sites excluding steroid dienone is 8. The van der Waals surface area contributed by atoms with E-state index in [9.17, 15) is 4.79 Å². The first-order valence-electron chi connectivity index (χ1n) is 24.0. The minimum Gasteiger partial charge on any atom is -0.449 e. The van der Waals surface area contributed by atoms with Gasteiger partial charge in [0.1, 0.15) is 0 Å². The van der Waals surface area contributed by atoms with E-state index in [-0.39, 0.29) is 6.09 Å². The molecular formula is C50H92N2O2. The SMILES string of the molecule is CCCCCC=CCC=CCCCCCCCCCCN(CCCCCCCCCCC=CCC=CCCCCC)C(=O)OCCCN1CCCCCC1. The molecule has 0 aromatic rings. The lowest BCUT2D eigenvalue weighted by molar-refractivity contribution is 0.0960. The van der Waals surface area contributed by atoms with E-state index in [1.165, 1.54) is 193 Å². The fourth-order valence-corrected chi connectivity index (χ4v) is 7.48. The van der Waals surface area contributed by atoms with Gasteiger partial charge in [-0.2, -0.15) is 0 Å². The molecule has 0 unspecified atom stereocenters. The van der Waals surface area contributed by atoms with Crippen molar-refractivity contribution in [2.24, 2.45) is 0 Å². The van der Waals surface area contributed by atoms with Gasteiger partial charge in [-0.15, -0.1) is 0 Å². The Hall–Kier alpha value is -1.81. The van der Waals surface area contributed by atoms with E-state index < -0.39 is 0 Å². The Kier molecular flexibility index (Phi) is 39.4. The zero-order chi connectivity index (χ0) is 38.7. The average Bonchev–Trinajstić information content (AvgIpc) is 3.46. The molecule has 0 aliphatic carbocycles. The number of hydrogen-bond donors (Lipinski definition) is 0. The van der Waals surface area contributed by atoms with Gasteiger partial charge in [0.25, 0.3) is 0 Å². The van der Waals surface area contributed by atoms with Crippen molar-refractivity contribution in [2.45, 2.75) is 226 Å². The van der Waals surface area contributed by atoms with Crippen molar-refractivity contribution in [3.05, 3.63) is 48.6 Å². The van der Waals surface area contributed by atoms with Crippen LogP contribution in [-0.2, 0) is 4.74 Å². The lowest BCUT2D eigenvalue weighted by Crippen LogP contribution is -2.34. The predicted octanol–water partition coefficient (Wildman–Crippen LogP) is 15.9. The summed E-state index contributed by atoms with van der Waals surface area (Å²) in [4.78, 5) is 17.8. The van der Waals surface area contributed by atoms with Crippen molar-refractivity contribution >= 4 is 6.09 Å². The minimum atomic E-state index is -0.0695. The van der Waals surface area contributed by atoms with Crippen LogP contribution in [0.15, 0.2) is 48.6 Å². The summed E-state index contributed by atoms with van der Waals surface area (Å²) in [6.45, 7) is 10.3. The van der Waals surface area contributed by atoms with Crippen LogP contribution in [-0.4, -0.2) is 55.2 Å². The maximum atomic E-state index is 13.2. The molecule has 0 atom stereocenters. The molecule has 1 saturated heterocycles. The maximum absolute atomic E-state index is 13.2. The third-order valence-corrected chi connectivity index (χ3v) is 11.1. The summed E-state index contributed by atoms with van der Waals surface area (Å²) in [7, 11) is 0. The Morgan fingerprint density at radius 2 is 0.833 bits per heavy atom. The molecule has 0 aromatic carbocycles. The van der Waals surface area contributed by atoms with Crippen LogP contribution in [0.4, 0.5) is 4.79 Å². The van der Waals surface area contributed by atoms with Gasteiger partial charge in [0.2, 0.25) is 0 Å². The highest BCUT2D eigenvalue weighted by molar-refractivity contribution is 5.67. The van der Waals surface area contributed by atoms with Gasteiger partial charge in [-0.25, -0.2) is 4.79 Å². The highest BCUT2D eigenvalue weighted by Gasteiger charge is 2.15. The molecular weight excluding hydrogens is 661 g/mol. The van der Waals surface area contributed by atoms with Crippen molar-refractivity contribution in [1.29, 1.82) is 0 Å². The summed E-state index contributed by atoms with van der Waals surface area (Å²) in [6.07, 6.45) is 60.8. The van der Waals surface area contributed by atoms with E-state index in [1.807, 2.05) is 4.90 Å². The van der Waals surface area contributed by atoms with Gasteiger partial charge in [-0.3, -0.25) is 0 Å². The van der Waals surface area contributed by atoms with Crippen LogP contribution in [0.2, 0.25) is 0 Å². The summed E-state index contributed by atoms with van der Waals surface area (Å²) < 4.78 is 5.85. The van der Waals surface area contributed by atoms with E-state index in [2.05, 4.69) is 67.4 Å². The molecule has 1 rings (SSSR count). The molecule has 1 aliphatic rings. The molecule has 0 aromatic heterocycles. The Labute approximate surface area is 338 Å². The zero-order valence-corrected chi connectivity index (χ0v) is 36.4. The Morgan fingerprint density at radius 1 is 0.463 bits per heavy atom. The standard InChI is InChI=1S/C50H92N2O2/c1-3-5-7-9-11-13-15-17-19-21-23-25-27-29-31-33-35-41-47-52(50(53)54-49-43-46-51-44-39-37-38-40-45-51)48-42-36-34-32-30-28-26-24-22-20-18-16-14-12-10-8-6-4-2/h11-14,17-20H,3-10,15-16,21-49H2,1-2H3. The summed E-state index contributed by atoms with van der Waals surface area (Å²) in [5.41, 5.74) is 0. The van der Waals surface area contributed by atoms with Crippen LogP contribution in [0.1, 0.15) is 226 Å². The number of likely N-dealkylation sites (tertiary alicyclic amines) is 1. The van der Waals surface area contributed by atoms with Gasteiger partial charge in [0, 0.05) is 19.6 Å². The zero-order valence-electron chi connectivity index (χ0n) is 36.4. The van der Waals surface area contributed by atoms with Gasteiger partial charge >= 0.3 is 6.09 Å². The van der Waals surface area contributed by atoms with Crippen LogP contribution in [0, 0.1) is 0 Å². The van der Waals surface area contributed by atoms with Gasteiger partial charge < -0.3 is 14.5 Å². The molecule has 1 heterocycles. The number of carbonyl (C=O) groups is 1. The summed E-state index contributed by atoms with van der Waals surface area (Å²) in [5, 5.41) is 0. The largest absolute Gasteiger partial charge is 0.449 e. The Morgan fingerprint density at radius 3 is 1.24 bits per heavy atom. The van der Waals surface area contributed by atoms with Crippen molar-refractivity contribution < 1.29 is 9.53 Å². The maximum Gasteiger partial charge on any atom is 0.409 e. The van der Waals surface area contributed by atoms with E-state index >= 15 is 0 Å². The number of amides is 1. The highest BCUT2D eigenvalue weighted by Crippen LogP contribution is 2.14. The summed E-state index contributed by atoms with van der Waals surface area (Å²) >= 11 is 0. The third kappa shape index (κ3) is 35.9. The topological polar surface area (TPSA) is 32.8 Å². The van der Waals surface area contributed by atoms with Gasteiger partial charge in [-0.1, -0.05) is 178 Å². The van der Waals surface area contributed by atoms with E-state index in [0.717, 1.165) is 51.7 Å². The number of nitrogens with zero attached hydrogens (tertiary/aromatic N) is 2. The fourth-order valence-electron chi connectivity index (χ4n) is 7.48. The molecule has 4 nitrogen and oxygen atoms in total. The lowest BCUT2D eigenvalue weighted by atomic mass is 10.1. The molecule has 4 heteroatoms. The number of carbonyl (C=O) groups excluding carboxylic acids is 1. The van der Waals surface area contributed by atoms with Crippen LogP contribution < -0.4 is 0 Å². The first-order chi connectivity index (χ1) is 26.8. The Bertz CT molecular complexity index is 833. The van der Waals surface area contributed by atoms with E-state index in [1.54, 1.807) is 0 Å². The minimum absolute atomic E-state index is 0.0695. The van der Waals surface area contributed by atoms with Crippen LogP contribution in [0.3, 0.4) is 0 Å². The molecule has 314 valence electrons. The predicted molar refractivity (Wildman–Crippen MR) is 240 cm³/mol. The van der Waals surface area contributed by atoms with Crippen LogP contribution >= 0.6 is 0 Å². The van der Waals surface area contributed by atoms with E-state index in [0.29, 0.717) is 6.61 Å². The van der Waals surface area contributed by atoms with Gasteiger partial charge in [0.05, 0.1) is 6.61 Å². The molecule has 0 bridgehead atoms. The number of rotatable bonds is 38. The van der Waals surface area contributed by atoms with E-state index in [4.69, 9.17) is 4.74 Å². The van der Waals surface area contributed by atoms with Crippen LogP contribution in [0.5, 0.6) is 0 Å². The molecule has 0 N–H and O–H groups in total. The third-order valence-electron chi connectivity index (χ3n) is 11.1. The van der Waals surface area contributed by atoms with Crippen molar-refractivity contribution in [3.8, 4) is 0 Å². The number of ether oxygens (including phenoxy) is 1. The molecule has 1 fully saturated rings. The van der Waals surface area contributed by atoms with Crippen molar-refractivity contribution in [1.82, 2.24) is 9.80 Å². The normalized spacial score (nSPS) is 14.3.